The number of hydrogen-bond acceptors (Lipinski definition) is 3. The second kappa shape index (κ2) is 9.43. The van der Waals surface area contributed by atoms with Gasteiger partial charge in [0, 0.05) is 30.4 Å². The Morgan fingerprint density at radius 2 is 1.73 bits per heavy atom. The highest BCUT2D eigenvalue weighted by atomic mass is 19.2. The Morgan fingerprint density at radius 3 is 2.43 bits per heavy atom. The predicted octanol–water partition coefficient (Wildman–Crippen LogP) is 2.71. The molecule has 2 aromatic rings. The van der Waals surface area contributed by atoms with Gasteiger partial charge in [-0.25, -0.2) is 13.2 Å². The van der Waals surface area contributed by atoms with Crippen molar-refractivity contribution in [2.75, 3.05) is 25.0 Å². The Morgan fingerprint density at radius 1 is 1.00 bits per heavy atom. The summed E-state index contributed by atoms with van der Waals surface area (Å²) in [6.07, 6.45) is 1.18. The Hall–Kier alpha value is -3.36. The standard InChI is InChI=1S/C21H20F3N3O3/c22-15-5-3-13(4-6-15)21(30)27-9-1-2-14(12-27)20(29)25-11-19(28)26-16-7-8-17(23)18(24)10-16/h3-8,10,14H,1-2,9,11-12H2,(H,25,29)(H,26,28). The fourth-order valence-corrected chi connectivity index (χ4v) is 3.24. The van der Waals surface area contributed by atoms with Crippen molar-refractivity contribution >= 4 is 23.4 Å². The predicted molar refractivity (Wildman–Crippen MR) is 103 cm³/mol. The van der Waals surface area contributed by atoms with Gasteiger partial charge in [0.2, 0.25) is 11.8 Å². The molecule has 30 heavy (non-hydrogen) atoms. The average molecular weight is 419 g/mol. The monoisotopic (exact) mass is 419 g/mol. The molecule has 1 heterocycles. The number of likely N-dealkylation sites (tertiary alicyclic amines) is 1. The summed E-state index contributed by atoms with van der Waals surface area (Å²) < 4.78 is 39.1. The highest BCUT2D eigenvalue weighted by Crippen LogP contribution is 2.19. The van der Waals surface area contributed by atoms with Crippen LogP contribution in [0.4, 0.5) is 18.9 Å². The van der Waals surface area contributed by atoms with E-state index in [-0.39, 0.29) is 30.6 Å². The average Bonchev–Trinajstić information content (AvgIpc) is 2.75. The minimum absolute atomic E-state index is 0.0712. The molecule has 1 fully saturated rings. The maximum Gasteiger partial charge on any atom is 0.253 e. The summed E-state index contributed by atoms with van der Waals surface area (Å²) in [5.74, 6) is -4.31. The summed E-state index contributed by atoms with van der Waals surface area (Å²) in [7, 11) is 0. The summed E-state index contributed by atoms with van der Waals surface area (Å²) in [4.78, 5) is 38.4. The molecule has 158 valence electrons. The quantitative estimate of drug-likeness (QED) is 0.782. The number of carbonyl (C=O) groups excluding carboxylic acids is 3. The van der Waals surface area contributed by atoms with Crippen LogP contribution in [0.25, 0.3) is 0 Å². The second-order valence-corrected chi connectivity index (χ2v) is 6.99. The number of halogens is 3. The highest BCUT2D eigenvalue weighted by Gasteiger charge is 2.29. The summed E-state index contributed by atoms with van der Waals surface area (Å²) in [5.41, 5.74) is 0.408. The smallest absolute Gasteiger partial charge is 0.253 e. The van der Waals surface area contributed by atoms with Crippen molar-refractivity contribution in [3.05, 3.63) is 65.5 Å². The molecular weight excluding hydrogens is 399 g/mol. The molecule has 3 rings (SSSR count). The molecule has 0 aliphatic carbocycles. The van der Waals surface area contributed by atoms with Crippen LogP contribution in [0.5, 0.6) is 0 Å². The van der Waals surface area contributed by atoms with Crippen LogP contribution >= 0.6 is 0 Å². The van der Waals surface area contributed by atoms with Crippen LogP contribution in [0.3, 0.4) is 0 Å². The first-order valence-corrected chi connectivity index (χ1v) is 9.41. The Balaban J connectivity index is 1.51. The minimum Gasteiger partial charge on any atom is -0.347 e. The number of carbonyl (C=O) groups is 3. The van der Waals surface area contributed by atoms with Crippen molar-refractivity contribution in [3.8, 4) is 0 Å². The fraction of sp³-hybridized carbons (Fsp3) is 0.286. The maximum absolute atomic E-state index is 13.2. The SMILES string of the molecule is O=C(CNC(=O)C1CCCN(C(=O)c2ccc(F)cc2)C1)Nc1ccc(F)c(F)c1. The first-order valence-electron chi connectivity index (χ1n) is 9.41. The molecule has 1 unspecified atom stereocenters. The van der Waals surface area contributed by atoms with E-state index in [1.807, 2.05) is 0 Å². The van der Waals surface area contributed by atoms with Gasteiger partial charge in [-0.05, 0) is 49.2 Å². The van der Waals surface area contributed by atoms with E-state index in [4.69, 9.17) is 0 Å². The van der Waals surface area contributed by atoms with E-state index in [9.17, 15) is 27.6 Å². The van der Waals surface area contributed by atoms with Gasteiger partial charge in [0.25, 0.3) is 5.91 Å². The van der Waals surface area contributed by atoms with E-state index < -0.39 is 29.3 Å². The van der Waals surface area contributed by atoms with Crippen molar-refractivity contribution in [1.29, 1.82) is 0 Å². The number of anilines is 1. The lowest BCUT2D eigenvalue weighted by atomic mass is 9.96. The number of piperidine rings is 1. The lowest BCUT2D eigenvalue weighted by molar-refractivity contribution is -0.128. The third-order valence-corrected chi connectivity index (χ3v) is 4.80. The lowest BCUT2D eigenvalue weighted by Crippen LogP contribution is -2.46. The van der Waals surface area contributed by atoms with Crippen LogP contribution in [-0.4, -0.2) is 42.3 Å². The molecule has 6 nitrogen and oxygen atoms in total. The summed E-state index contributed by atoms with van der Waals surface area (Å²) >= 11 is 0. The van der Waals surface area contributed by atoms with E-state index in [1.54, 1.807) is 0 Å². The molecule has 3 amide bonds. The fourth-order valence-electron chi connectivity index (χ4n) is 3.24. The van der Waals surface area contributed by atoms with Crippen molar-refractivity contribution in [2.24, 2.45) is 5.92 Å². The van der Waals surface area contributed by atoms with Crippen LogP contribution in [0.15, 0.2) is 42.5 Å². The largest absolute Gasteiger partial charge is 0.347 e. The third-order valence-electron chi connectivity index (χ3n) is 4.80. The first-order chi connectivity index (χ1) is 14.3. The summed E-state index contributed by atoms with van der Waals surface area (Å²) in [5, 5.41) is 4.86. The Kier molecular flexibility index (Phi) is 6.71. The molecule has 0 spiro atoms. The lowest BCUT2D eigenvalue weighted by Gasteiger charge is -2.32. The van der Waals surface area contributed by atoms with Crippen molar-refractivity contribution in [2.45, 2.75) is 12.8 Å². The molecule has 9 heteroatoms. The number of rotatable bonds is 5. The highest BCUT2D eigenvalue weighted by molar-refractivity contribution is 5.96. The molecule has 0 aromatic heterocycles. The number of benzene rings is 2. The Labute approximate surface area is 171 Å². The first kappa shape index (κ1) is 21.4. The molecule has 1 aliphatic rings. The van der Waals surface area contributed by atoms with Gasteiger partial charge in [-0.1, -0.05) is 0 Å². The minimum atomic E-state index is -1.09. The molecule has 1 saturated heterocycles. The van der Waals surface area contributed by atoms with Gasteiger partial charge in [-0.2, -0.15) is 0 Å². The zero-order chi connectivity index (χ0) is 21.7. The second-order valence-electron chi connectivity index (χ2n) is 6.99. The summed E-state index contributed by atoms with van der Waals surface area (Å²) in [6, 6.07) is 8.12. The zero-order valence-electron chi connectivity index (χ0n) is 16.0. The molecule has 0 radical (unpaired) electrons. The number of nitrogens with zero attached hydrogens (tertiary/aromatic N) is 1. The van der Waals surface area contributed by atoms with Gasteiger partial charge in [0.15, 0.2) is 11.6 Å². The van der Waals surface area contributed by atoms with E-state index in [1.165, 1.54) is 35.2 Å². The van der Waals surface area contributed by atoms with E-state index in [0.717, 1.165) is 12.1 Å². The molecule has 2 aromatic carbocycles. The Bertz CT molecular complexity index is 950. The van der Waals surface area contributed by atoms with Crippen LogP contribution in [0.1, 0.15) is 23.2 Å². The molecule has 0 bridgehead atoms. The van der Waals surface area contributed by atoms with Gasteiger partial charge < -0.3 is 15.5 Å². The van der Waals surface area contributed by atoms with Gasteiger partial charge in [0.05, 0.1) is 12.5 Å². The molecule has 0 saturated carbocycles. The van der Waals surface area contributed by atoms with Crippen molar-refractivity contribution < 1.29 is 27.6 Å². The topological polar surface area (TPSA) is 78.5 Å². The molecule has 1 atom stereocenters. The van der Waals surface area contributed by atoms with Gasteiger partial charge >= 0.3 is 0 Å². The third kappa shape index (κ3) is 5.37. The van der Waals surface area contributed by atoms with E-state index in [2.05, 4.69) is 10.6 Å². The summed E-state index contributed by atoms with van der Waals surface area (Å²) in [6.45, 7) is 0.323. The molecule has 2 N–H and O–H groups in total. The normalized spacial score (nSPS) is 16.1. The maximum atomic E-state index is 13.2. The van der Waals surface area contributed by atoms with Crippen LogP contribution in [-0.2, 0) is 9.59 Å². The van der Waals surface area contributed by atoms with Crippen LogP contribution in [0.2, 0.25) is 0 Å². The van der Waals surface area contributed by atoms with Crippen molar-refractivity contribution in [1.82, 2.24) is 10.2 Å². The molecular formula is C21H20F3N3O3. The number of amides is 3. The van der Waals surface area contributed by atoms with E-state index >= 15 is 0 Å². The van der Waals surface area contributed by atoms with Crippen LogP contribution < -0.4 is 10.6 Å². The number of hydrogen-bond donors (Lipinski definition) is 2. The van der Waals surface area contributed by atoms with Gasteiger partial charge in [-0.3, -0.25) is 14.4 Å². The van der Waals surface area contributed by atoms with Crippen molar-refractivity contribution in [3.63, 3.8) is 0 Å². The number of nitrogens with one attached hydrogen (secondary N) is 2. The van der Waals surface area contributed by atoms with Gasteiger partial charge in [-0.15, -0.1) is 0 Å². The van der Waals surface area contributed by atoms with Crippen LogP contribution in [0, 0.1) is 23.4 Å². The zero-order valence-corrected chi connectivity index (χ0v) is 16.0. The van der Waals surface area contributed by atoms with Gasteiger partial charge in [0.1, 0.15) is 5.82 Å². The van der Waals surface area contributed by atoms with E-state index in [0.29, 0.717) is 24.9 Å². The molecule has 1 aliphatic heterocycles.